The molecular weight excluding hydrogens is 593 g/mol. The Labute approximate surface area is 274 Å². The number of rotatable bonds is 3. The molecule has 1 aromatic carbocycles. The average molecular weight is 657 g/mol. The molecule has 0 radical (unpaired) electrons. The third-order valence-electron chi connectivity index (χ3n) is 18.9. The van der Waals surface area contributed by atoms with E-state index in [1.54, 1.807) is 69.8 Å². The number of hydrogen-bond donors (Lipinski definition) is 0. The molecule has 3 heterocycles. The second kappa shape index (κ2) is 8.51. The molecule has 4 heteroatoms. The molecule has 0 amide bonds. The Morgan fingerprint density at radius 2 is 0.909 bits per heavy atom. The Balaban J connectivity index is 1.47. The molecule has 240 valence electrons. The van der Waals surface area contributed by atoms with Gasteiger partial charge in [-0.25, -0.2) is 0 Å². The van der Waals surface area contributed by atoms with Crippen molar-refractivity contribution in [1.82, 2.24) is 0 Å². The van der Waals surface area contributed by atoms with Gasteiger partial charge < -0.3 is 0 Å². The molecule has 12 rings (SSSR count). The molecule has 8 saturated carbocycles. The third-order valence-corrected chi connectivity index (χ3v) is 70.7. The highest BCUT2D eigenvalue weighted by molar-refractivity contribution is 7.72. The summed E-state index contributed by atoms with van der Waals surface area (Å²) < 4.78 is 1.56. The van der Waals surface area contributed by atoms with Gasteiger partial charge in [0.25, 0.3) is 0 Å². The molecule has 0 atom stereocenters. The molecular formula is C40H64Si4. The van der Waals surface area contributed by atoms with E-state index in [2.05, 4.69) is 109 Å². The Kier molecular flexibility index (Phi) is 5.79. The first-order valence-electron chi connectivity index (χ1n) is 19.3. The van der Waals surface area contributed by atoms with E-state index in [0.29, 0.717) is 10.1 Å². The van der Waals surface area contributed by atoms with Gasteiger partial charge in [-0.3, -0.25) is 0 Å². The second-order valence-corrected chi connectivity index (χ2v) is 51.4. The molecule has 0 nitrogen and oxygen atoms in total. The van der Waals surface area contributed by atoms with Crippen LogP contribution in [-0.4, -0.2) is 30.4 Å². The molecule has 0 N–H and O–H groups in total. The van der Waals surface area contributed by atoms with Gasteiger partial charge >= 0.3 is 0 Å². The topological polar surface area (TPSA) is 0 Å². The van der Waals surface area contributed by atoms with Crippen molar-refractivity contribution in [2.45, 2.75) is 151 Å². The largest absolute Gasteiger partial charge is 0.0963 e. The van der Waals surface area contributed by atoms with Crippen molar-refractivity contribution < 1.29 is 0 Å². The fourth-order valence-corrected chi connectivity index (χ4v) is 94.4. The van der Waals surface area contributed by atoms with E-state index < -0.39 is 30.4 Å². The highest BCUT2D eigenvalue weighted by Crippen LogP contribution is 3.00. The van der Waals surface area contributed by atoms with Gasteiger partial charge in [-0.2, -0.15) is 0 Å². The summed E-state index contributed by atoms with van der Waals surface area (Å²) in [5.41, 5.74) is 5.23. The van der Waals surface area contributed by atoms with Gasteiger partial charge in [0.1, 0.15) is 0 Å². The normalized spacial score (nSPS) is 50.1. The molecule has 8 aliphatic carbocycles. The first-order valence-corrected chi connectivity index (χ1v) is 31.4. The van der Waals surface area contributed by atoms with Gasteiger partial charge in [0.15, 0.2) is 0 Å². The van der Waals surface area contributed by atoms with Crippen molar-refractivity contribution in [1.29, 1.82) is 0 Å². The maximum atomic E-state index is 3.48. The fourth-order valence-electron chi connectivity index (χ4n) is 17.2. The lowest BCUT2D eigenvalue weighted by atomic mass is 9.54. The van der Waals surface area contributed by atoms with E-state index in [1.807, 2.05) is 0 Å². The van der Waals surface area contributed by atoms with Crippen LogP contribution in [0.15, 0.2) is 36.0 Å². The van der Waals surface area contributed by atoms with Gasteiger partial charge in [-0.15, -0.1) is 0 Å². The van der Waals surface area contributed by atoms with Crippen LogP contribution in [-0.2, 0) is 0 Å². The van der Waals surface area contributed by atoms with Crippen molar-refractivity contribution in [3.8, 4) is 0 Å². The van der Waals surface area contributed by atoms with Crippen molar-refractivity contribution >= 4 is 35.6 Å². The molecule has 44 heavy (non-hydrogen) atoms. The molecule has 9 fully saturated rings. The first-order chi connectivity index (χ1) is 20.5. The van der Waals surface area contributed by atoms with Crippen LogP contribution in [0.5, 0.6) is 0 Å². The predicted molar refractivity (Wildman–Crippen MR) is 200 cm³/mol. The maximum Gasteiger partial charge on any atom is 0.0884 e. The maximum absolute atomic E-state index is 3.48. The zero-order chi connectivity index (χ0) is 31.1. The Morgan fingerprint density at radius 1 is 0.545 bits per heavy atom. The molecule has 1 saturated heterocycles. The van der Waals surface area contributed by atoms with Crippen LogP contribution in [0.4, 0.5) is 0 Å². The van der Waals surface area contributed by atoms with Crippen molar-refractivity contribution in [3.05, 3.63) is 41.6 Å². The van der Waals surface area contributed by atoms with E-state index in [9.17, 15) is 0 Å². The van der Waals surface area contributed by atoms with Crippen LogP contribution >= 0.6 is 0 Å². The monoisotopic (exact) mass is 656 g/mol. The Hall–Kier alpha value is -0.172. The van der Waals surface area contributed by atoms with Crippen LogP contribution in [0.25, 0.3) is 5.20 Å². The van der Waals surface area contributed by atoms with E-state index in [0.717, 1.165) is 56.7 Å². The molecule has 10 bridgehead atoms. The minimum atomic E-state index is -2.05. The van der Waals surface area contributed by atoms with Crippen LogP contribution in [0.1, 0.15) is 111 Å². The summed E-state index contributed by atoms with van der Waals surface area (Å²) in [6.45, 7) is 28.9. The summed E-state index contributed by atoms with van der Waals surface area (Å²) in [4.78, 5) is 0. The third kappa shape index (κ3) is 2.76. The summed E-state index contributed by atoms with van der Waals surface area (Å²) in [5.74, 6) is 8.65. The van der Waals surface area contributed by atoms with E-state index in [4.69, 9.17) is 0 Å². The van der Waals surface area contributed by atoms with Crippen molar-refractivity contribution in [2.24, 2.45) is 47.3 Å². The first kappa shape index (κ1) is 29.9. The molecule has 11 aliphatic rings. The van der Waals surface area contributed by atoms with Gasteiger partial charge in [-0.1, -0.05) is 109 Å². The lowest BCUT2D eigenvalue weighted by Gasteiger charge is -2.94. The summed E-state index contributed by atoms with van der Waals surface area (Å²) in [5, 5.41) is 3.08. The lowest BCUT2D eigenvalue weighted by molar-refractivity contribution is -0.0406. The van der Waals surface area contributed by atoms with E-state index in [1.165, 1.54) is 0 Å². The molecule has 3 aliphatic heterocycles. The molecule has 0 aromatic heterocycles. The van der Waals surface area contributed by atoms with Gasteiger partial charge in [-0.05, 0) is 137 Å². The predicted octanol–water partition coefficient (Wildman–Crippen LogP) is 11.7. The van der Waals surface area contributed by atoms with E-state index in [-0.39, 0.29) is 0 Å². The Morgan fingerprint density at radius 3 is 1.25 bits per heavy atom. The quantitative estimate of drug-likeness (QED) is 0.284. The highest BCUT2D eigenvalue weighted by Gasteiger charge is 3.02. The summed E-state index contributed by atoms with van der Waals surface area (Å²) in [7, 11) is -7.53. The Bertz CT molecular complexity index is 1310. The van der Waals surface area contributed by atoms with Crippen LogP contribution in [0.3, 0.4) is 0 Å². The minimum absolute atomic E-state index is 0.453. The smallest absolute Gasteiger partial charge is 0.0884 e. The second-order valence-electron chi connectivity index (χ2n) is 21.6. The van der Waals surface area contributed by atoms with Gasteiger partial charge in [0, 0.05) is 0 Å². The number of hydrogen-bond acceptors (Lipinski definition) is 0. The molecule has 1 aromatic rings. The van der Waals surface area contributed by atoms with Crippen LogP contribution in [0, 0.1) is 47.3 Å². The highest BCUT2D eigenvalue weighted by atomic mass is 29.3. The fraction of sp³-hybridized carbons (Fsp3) is 0.800. The van der Waals surface area contributed by atoms with Crippen LogP contribution < -0.4 is 0 Å². The van der Waals surface area contributed by atoms with Crippen molar-refractivity contribution in [2.75, 3.05) is 0 Å². The van der Waals surface area contributed by atoms with Gasteiger partial charge in [0.2, 0.25) is 0 Å². The van der Waals surface area contributed by atoms with Crippen molar-refractivity contribution in [3.63, 3.8) is 0 Å². The summed E-state index contributed by atoms with van der Waals surface area (Å²) in [6.07, 6.45) is 16.4. The molecule has 0 unspecified atom stereocenters. The molecule has 2 spiro atoms. The van der Waals surface area contributed by atoms with E-state index >= 15 is 0 Å². The standard InChI is InChI=1S/C40H64Si4/c1-37(2,3)41(7,8)43-26-36(31-14-12-11-13-15-31)44(42(9,10)38(4,5)6,39(43)32-18-27-16-28(20-32)21-33(39)19-27)40(43)34-22-29-17-30(24-34)25-35(40)23-29/h11-15,26-30,32-35H,16-25H2,1-10H3. The zero-order valence-corrected chi connectivity index (χ0v) is 34.2. The lowest BCUT2D eigenvalue weighted by Crippen LogP contribution is -3.02. The average Bonchev–Trinajstić information content (AvgIpc) is 3.39. The minimum Gasteiger partial charge on any atom is -0.0963 e. The van der Waals surface area contributed by atoms with Gasteiger partial charge in [0.05, 0.1) is 30.4 Å². The zero-order valence-electron chi connectivity index (χ0n) is 30.2. The SMILES string of the molecule is CC(C)(C)[Si](C)(C)[Si]12C=C(c3ccccc3)[Si]([Si](C)(C)C(C)(C)C)(C13C1CC4CC(C1)CC3C4)C21C2CC3CC(C2)CC1C3. The van der Waals surface area contributed by atoms with Crippen LogP contribution in [0.2, 0.25) is 45.6 Å². The summed E-state index contributed by atoms with van der Waals surface area (Å²) >= 11 is 0. The number of benzene rings is 1. The summed E-state index contributed by atoms with van der Waals surface area (Å²) in [6, 6.07) is 12.5.